The average Bonchev–Trinajstić information content (AvgIpc) is 2.46. The number of nitrogens with two attached hydrogens (primary N) is 1. The molecule has 0 spiro atoms. The smallest absolute Gasteiger partial charge is 0.123 e. The van der Waals surface area contributed by atoms with Gasteiger partial charge in [0.2, 0.25) is 0 Å². The summed E-state index contributed by atoms with van der Waals surface area (Å²) < 4.78 is 18.7. The molecule has 2 rings (SSSR count). The van der Waals surface area contributed by atoms with E-state index in [1.807, 2.05) is 30.3 Å². The van der Waals surface area contributed by atoms with E-state index in [0.29, 0.717) is 13.2 Å². The number of ether oxygens (including phenoxy) is 1. The second-order valence-electron chi connectivity index (χ2n) is 4.52. The van der Waals surface area contributed by atoms with Crippen molar-refractivity contribution in [2.45, 2.75) is 13.0 Å². The molecule has 0 unspecified atom stereocenters. The maximum atomic E-state index is 13.1. The van der Waals surface area contributed by atoms with Crippen LogP contribution in [-0.2, 0) is 6.61 Å². The van der Waals surface area contributed by atoms with E-state index in [4.69, 9.17) is 10.5 Å². The number of rotatable bonds is 7. The predicted octanol–water partition coefficient (Wildman–Crippen LogP) is 3.17. The van der Waals surface area contributed by atoms with Crippen LogP contribution < -0.4 is 15.8 Å². The molecule has 3 nitrogen and oxygen atoms in total. The maximum absolute atomic E-state index is 13.1. The Bertz CT molecular complexity index is 546. The van der Waals surface area contributed by atoms with Crippen LogP contribution in [0.2, 0.25) is 0 Å². The Kier molecular flexibility index (Phi) is 5.38. The third-order valence-corrected chi connectivity index (χ3v) is 2.84. The molecule has 0 heterocycles. The van der Waals surface area contributed by atoms with Crippen LogP contribution in [0.4, 0.5) is 10.1 Å². The second-order valence-corrected chi connectivity index (χ2v) is 4.52. The molecule has 0 aliphatic carbocycles. The monoisotopic (exact) mass is 274 g/mol. The zero-order valence-electron chi connectivity index (χ0n) is 11.3. The Labute approximate surface area is 118 Å². The van der Waals surface area contributed by atoms with Crippen LogP contribution in [0.15, 0.2) is 48.5 Å². The molecule has 0 amide bonds. The Hall–Kier alpha value is -2.07. The number of benzene rings is 2. The summed E-state index contributed by atoms with van der Waals surface area (Å²) >= 11 is 0. The van der Waals surface area contributed by atoms with Crippen LogP contribution in [-0.4, -0.2) is 13.1 Å². The van der Waals surface area contributed by atoms with Gasteiger partial charge in [0.15, 0.2) is 0 Å². The third kappa shape index (κ3) is 4.55. The van der Waals surface area contributed by atoms with Gasteiger partial charge in [0.05, 0.1) is 0 Å². The minimum absolute atomic E-state index is 0.247. The van der Waals surface area contributed by atoms with Crippen molar-refractivity contribution in [2.24, 2.45) is 5.73 Å². The number of halogens is 1. The van der Waals surface area contributed by atoms with Crippen LogP contribution in [0.5, 0.6) is 5.75 Å². The van der Waals surface area contributed by atoms with Crippen LogP contribution in [0.3, 0.4) is 0 Å². The molecule has 0 saturated heterocycles. The molecule has 0 bridgehead atoms. The number of nitrogens with one attached hydrogen (secondary N) is 1. The molecule has 20 heavy (non-hydrogen) atoms. The van der Waals surface area contributed by atoms with Gasteiger partial charge in [-0.2, -0.15) is 0 Å². The van der Waals surface area contributed by atoms with E-state index < -0.39 is 0 Å². The second kappa shape index (κ2) is 7.50. The van der Waals surface area contributed by atoms with Gasteiger partial charge in [0, 0.05) is 18.3 Å². The lowest BCUT2D eigenvalue weighted by molar-refractivity contribution is 0.305. The zero-order chi connectivity index (χ0) is 14.2. The molecule has 2 aromatic rings. The van der Waals surface area contributed by atoms with Crippen molar-refractivity contribution < 1.29 is 9.13 Å². The molecule has 106 valence electrons. The van der Waals surface area contributed by atoms with Gasteiger partial charge in [0.1, 0.15) is 18.2 Å². The summed E-state index contributed by atoms with van der Waals surface area (Å²) in [6.07, 6.45) is 0.925. The fourth-order valence-electron chi connectivity index (χ4n) is 1.82. The lowest BCUT2D eigenvalue weighted by Crippen LogP contribution is -2.08. The summed E-state index contributed by atoms with van der Waals surface area (Å²) in [7, 11) is 0. The fraction of sp³-hybridized carbons (Fsp3) is 0.250. The van der Waals surface area contributed by atoms with Gasteiger partial charge in [-0.25, -0.2) is 4.39 Å². The van der Waals surface area contributed by atoms with Crippen LogP contribution in [0, 0.1) is 5.82 Å². The molecule has 4 heteroatoms. The third-order valence-electron chi connectivity index (χ3n) is 2.84. The molecule has 2 aromatic carbocycles. The largest absolute Gasteiger partial charge is 0.489 e. The van der Waals surface area contributed by atoms with Gasteiger partial charge in [-0.05, 0) is 42.8 Å². The highest BCUT2D eigenvalue weighted by Crippen LogP contribution is 2.18. The normalized spacial score (nSPS) is 10.3. The van der Waals surface area contributed by atoms with Crippen molar-refractivity contribution in [3.8, 4) is 5.75 Å². The topological polar surface area (TPSA) is 47.3 Å². The first-order chi connectivity index (χ1) is 9.78. The lowest BCUT2D eigenvalue weighted by atomic mass is 10.2. The van der Waals surface area contributed by atoms with Crippen LogP contribution in [0.25, 0.3) is 0 Å². The molecule has 0 aliphatic rings. The summed E-state index contributed by atoms with van der Waals surface area (Å²) in [6, 6.07) is 14.1. The Morgan fingerprint density at radius 2 is 1.95 bits per heavy atom. The highest BCUT2D eigenvalue weighted by molar-refractivity contribution is 5.48. The first-order valence-electron chi connectivity index (χ1n) is 6.69. The van der Waals surface area contributed by atoms with Crippen molar-refractivity contribution in [2.75, 3.05) is 18.4 Å². The lowest BCUT2D eigenvalue weighted by Gasteiger charge is -2.09. The molecular formula is C16H19FN2O. The van der Waals surface area contributed by atoms with Gasteiger partial charge in [-0.3, -0.25) is 0 Å². The number of hydrogen-bond donors (Lipinski definition) is 2. The summed E-state index contributed by atoms with van der Waals surface area (Å²) in [5.74, 6) is 0.510. The molecule has 3 N–H and O–H groups in total. The zero-order valence-corrected chi connectivity index (χ0v) is 11.3. The summed E-state index contributed by atoms with van der Waals surface area (Å²) in [5, 5.41) is 3.27. The SMILES string of the molecule is NCCCNc1cccc(OCc2cccc(F)c2)c1. The van der Waals surface area contributed by atoms with E-state index in [1.165, 1.54) is 12.1 Å². The van der Waals surface area contributed by atoms with E-state index in [0.717, 1.165) is 30.0 Å². The Balaban J connectivity index is 1.91. The molecule has 0 atom stereocenters. The summed E-state index contributed by atoms with van der Waals surface area (Å²) in [5.41, 5.74) is 7.26. The minimum atomic E-state index is -0.247. The van der Waals surface area contributed by atoms with E-state index in [1.54, 1.807) is 6.07 Å². The van der Waals surface area contributed by atoms with Crippen molar-refractivity contribution in [1.82, 2.24) is 0 Å². The van der Waals surface area contributed by atoms with Crippen molar-refractivity contribution in [3.63, 3.8) is 0 Å². The van der Waals surface area contributed by atoms with Gasteiger partial charge in [-0.1, -0.05) is 18.2 Å². The standard InChI is InChI=1S/C16H19FN2O/c17-14-5-1-4-13(10-14)12-20-16-7-2-6-15(11-16)19-9-3-8-18/h1-2,4-7,10-11,19H,3,8-9,12,18H2. The predicted molar refractivity (Wildman–Crippen MR) is 79.3 cm³/mol. The molecule has 0 saturated carbocycles. The highest BCUT2D eigenvalue weighted by atomic mass is 19.1. The molecular weight excluding hydrogens is 255 g/mol. The van der Waals surface area contributed by atoms with E-state index in [2.05, 4.69) is 5.32 Å². The van der Waals surface area contributed by atoms with E-state index >= 15 is 0 Å². The van der Waals surface area contributed by atoms with Crippen LogP contribution in [0.1, 0.15) is 12.0 Å². The first kappa shape index (κ1) is 14.3. The average molecular weight is 274 g/mol. The van der Waals surface area contributed by atoms with Gasteiger partial charge in [-0.15, -0.1) is 0 Å². The molecule has 0 aromatic heterocycles. The Morgan fingerprint density at radius 3 is 2.75 bits per heavy atom. The minimum Gasteiger partial charge on any atom is -0.489 e. The van der Waals surface area contributed by atoms with Crippen molar-refractivity contribution >= 4 is 5.69 Å². The summed E-state index contributed by atoms with van der Waals surface area (Å²) in [6.45, 7) is 1.86. The molecule has 0 fully saturated rings. The fourth-order valence-corrected chi connectivity index (χ4v) is 1.82. The van der Waals surface area contributed by atoms with Crippen LogP contribution >= 0.6 is 0 Å². The quantitative estimate of drug-likeness (QED) is 0.762. The number of anilines is 1. The summed E-state index contributed by atoms with van der Waals surface area (Å²) in [4.78, 5) is 0. The van der Waals surface area contributed by atoms with E-state index in [-0.39, 0.29) is 5.82 Å². The van der Waals surface area contributed by atoms with Crippen molar-refractivity contribution in [3.05, 3.63) is 59.9 Å². The number of hydrogen-bond acceptors (Lipinski definition) is 3. The first-order valence-corrected chi connectivity index (χ1v) is 6.69. The molecule has 0 radical (unpaired) electrons. The molecule has 0 aliphatic heterocycles. The van der Waals surface area contributed by atoms with Gasteiger partial charge in [0.25, 0.3) is 0 Å². The highest BCUT2D eigenvalue weighted by Gasteiger charge is 1.99. The van der Waals surface area contributed by atoms with Gasteiger partial charge >= 0.3 is 0 Å². The van der Waals surface area contributed by atoms with E-state index in [9.17, 15) is 4.39 Å². The Morgan fingerprint density at radius 1 is 1.10 bits per heavy atom. The van der Waals surface area contributed by atoms with Gasteiger partial charge < -0.3 is 15.8 Å². The maximum Gasteiger partial charge on any atom is 0.123 e. The van der Waals surface area contributed by atoms with Crippen molar-refractivity contribution in [1.29, 1.82) is 0 Å².